The summed E-state index contributed by atoms with van der Waals surface area (Å²) in [7, 11) is 0. The average molecular weight is 182 g/mol. The highest BCUT2D eigenvalue weighted by atomic mass is 19.1. The third-order valence-corrected chi connectivity index (χ3v) is 2.13. The first-order chi connectivity index (χ1) is 6.15. The van der Waals surface area contributed by atoms with Gasteiger partial charge in [-0.05, 0) is 30.5 Å². The summed E-state index contributed by atoms with van der Waals surface area (Å²) in [4.78, 5) is 0. The van der Waals surface area contributed by atoms with Crippen molar-refractivity contribution in [1.29, 1.82) is 0 Å². The van der Waals surface area contributed by atoms with E-state index in [9.17, 15) is 9.50 Å². The number of hydrogen-bond donors (Lipinski definition) is 1. The normalized spacial score (nSPS) is 12.9. The molecule has 1 N–H and O–H groups in total. The topological polar surface area (TPSA) is 20.2 Å². The molecule has 0 aromatic heterocycles. The lowest BCUT2D eigenvalue weighted by Crippen LogP contribution is -1.97. The van der Waals surface area contributed by atoms with E-state index in [4.69, 9.17) is 0 Å². The molecule has 0 saturated carbocycles. The zero-order valence-electron chi connectivity index (χ0n) is 8.05. The van der Waals surface area contributed by atoms with Gasteiger partial charge in [-0.3, -0.25) is 0 Å². The van der Waals surface area contributed by atoms with Gasteiger partial charge in [0.1, 0.15) is 5.82 Å². The minimum absolute atomic E-state index is 0.215. The first kappa shape index (κ1) is 10.2. The third kappa shape index (κ3) is 2.52. The lowest BCUT2D eigenvalue weighted by Gasteiger charge is -2.10. The molecular formula is C11H15FO. The lowest BCUT2D eigenvalue weighted by molar-refractivity contribution is 0.166. The Labute approximate surface area is 78.2 Å². The van der Waals surface area contributed by atoms with Crippen LogP contribution in [0.15, 0.2) is 18.2 Å². The van der Waals surface area contributed by atoms with E-state index in [1.54, 1.807) is 19.1 Å². The summed E-state index contributed by atoms with van der Waals surface area (Å²) in [5, 5.41) is 9.61. The first-order valence-electron chi connectivity index (χ1n) is 4.59. The number of halogens is 1. The van der Waals surface area contributed by atoms with E-state index in [1.165, 1.54) is 6.07 Å². The summed E-state index contributed by atoms with van der Waals surface area (Å²) < 4.78 is 12.9. The molecule has 0 spiro atoms. The SMILES string of the molecule is CCC[C@@H](O)c1ccc(F)c(C)c1. The maximum atomic E-state index is 12.9. The van der Waals surface area contributed by atoms with Crippen molar-refractivity contribution in [2.24, 2.45) is 0 Å². The van der Waals surface area contributed by atoms with Gasteiger partial charge >= 0.3 is 0 Å². The molecule has 0 aliphatic rings. The first-order valence-corrected chi connectivity index (χ1v) is 4.59. The van der Waals surface area contributed by atoms with Crippen LogP contribution >= 0.6 is 0 Å². The molecule has 0 amide bonds. The van der Waals surface area contributed by atoms with Gasteiger partial charge in [-0.1, -0.05) is 25.5 Å². The van der Waals surface area contributed by atoms with Crippen LogP contribution in [0.1, 0.15) is 37.0 Å². The average Bonchev–Trinajstić information content (AvgIpc) is 2.10. The van der Waals surface area contributed by atoms with Crippen LogP contribution in [0.3, 0.4) is 0 Å². The van der Waals surface area contributed by atoms with Gasteiger partial charge in [-0.2, -0.15) is 0 Å². The standard InChI is InChI=1S/C11H15FO/c1-3-4-11(13)9-5-6-10(12)8(2)7-9/h5-7,11,13H,3-4H2,1-2H3/t11-/m1/s1. The fourth-order valence-electron chi connectivity index (χ4n) is 1.32. The number of aryl methyl sites for hydroxylation is 1. The van der Waals surface area contributed by atoms with Crippen LogP contribution in [0, 0.1) is 12.7 Å². The molecule has 1 aromatic rings. The predicted octanol–water partition coefficient (Wildman–Crippen LogP) is 2.97. The highest BCUT2D eigenvalue weighted by molar-refractivity contribution is 5.25. The Bertz CT molecular complexity index is 283. The molecular weight excluding hydrogens is 167 g/mol. The highest BCUT2D eigenvalue weighted by Gasteiger charge is 2.07. The molecule has 2 heteroatoms. The second kappa shape index (κ2) is 4.38. The van der Waals surface area contributed by atoms with Crippen LogP contribution in [-0.4, -0.2) is 5.11 Å². The Hall–Kier alpha value is -0.890. The Morgan fingerprint density at radius 3 is 2.69 bits per heavy atom. The van der Waals surface area contributed by atoms with Crippen LogP contribution in [0.4, 0.5) is 4.39 Å². The summed E-state index contributed by atoms with van der Waals surface area (Å²) in [6.45, 7) is 3.72. The number of aliphatic hydroxyl groups is 1. The third-order valence-electron chi connectivity index (χ3n) is 2.13. The monoisotopic (exact) mass is 182 g/mol. The number of hydrogen-bond acceptors (Lipinski definition) is 1. The molecule has 0 fully saturated rings. The zero-order chi connectivity index (χ0) is 9.84. The summed E-state index contributed by atoms with van der Waals surface area (Å²) in [5.41, 5.74) is 1.40. The van der Waals surface area contributed by atoms with Gasteiger partial charge in [-0.15, -0.1) is 0 Å². The second-order valence-corrected chi connectivity index (χ2v) is 3.31. The number of aliphatic hydroxyl groups excluding tert-OH is 1. The van der Waals surface area contributed by atoms with E-state index in [-0.39, 0.29) is 5.82 Å². The highest BCUT2D eigenvalue weighted by Crippen LogP contribution is 2.20. The van der Waals surface area contributed by atoms with Crippen LogP contribution < -0.4 is 0 Å². The van der Waals surface area contributed by atoms with Crippen molar-refractivity contribution < 1.29 is 9.50 Å². The van der Waals surface area contributed by atoms with E-state index in [2.05, 4.69) is 0 Å². The van der Waals surface area contributed by atoms with Gasteiger partial charge in [0.25, 0.3) is 0 Å². The molecule has 0 aliphatic heterocycles. The summed E-state index contributed by atoms with van der Waals surface area (Å²) in [5.74, 6) is -0.215. The van der Waals surface area contributed by atoms with Gasteiger partial charge in [0, 0.05) is 0 Å². The number of rotatable bonds is 3. The fourth-order valence-corrected chi connectivity index (χ4v) is 1.32. The van der Waals surface area contributed by atoms with E-state index >= 15 is 0 Å². The molecule has 72 valence electrons. The minimum Gasteiger partial charge on any atom is -0.388 e. The van der Waals surface area contributed by atoms with E-state index in [1.807, 2.05) is 6.92 Å². The van der Waals surface area contributed by atoms with Crippen molar-refractivity contribution in [2.75, 3.05) is 0 Å². The summed E-state index contributed by atoms with van der Waals surface area (Å²) >= 11 is 0. The van der Waals surface area contributed by atoms with Crippen LogP contribution in [-0.2, 0) is 0 Å². The molecule has 0 aliphatic carbocycles. The van der Waals surface area contributed by atoms with Crippen molar-refractivity contribution >= 4 is 0 Å². The minimum atomic E-state index is -0.454. The van der Waals surface area contributed by atoms with Gasteiger partial charge in [0.15, 0.2) is 0 Å². The molecule has 1 rings (SSSR count). The molecule has 1 atom stereocenters. The van der Waals surface area contributed by atoms with Crippen LogP contribution in [0.25, 0.3) is 0 Å². The molecule has 0 heterocycles. The molecule has 0 radical (unpaired) electrons. The smallest absolute Gasteiger partial charge is 0.126 e. The molecule has 13 heavy (non-hydrogen) atoms. The molecule has 0 bridgehead atoms. The van der Waals surface area contributed by atoms with Crippen molar-refractivity contribution in [2.45, 2.75) is 32.8 Å². The lowest BCUT2D eigenvalue weighted by atomic mass is 10.0. The van der Waals surface area contributed by atoms with Crippen LogP contribution in [0.2, 0.25) is 0 Å². The second-order valence-electron chi connectivity index (χ2n) is 3.31. The summed E-state index contributed by atoms with van der Waals surface area (Å²) in [6.07, 6.45) is 1.20. The quantitative estimate of drug-likeness (QED) is 0.762. The Morgan fingerprint density at radius 1 is 1.46 bits per heavy atom. The maximum absolute atomic E-state index is 12.9. The van der Waals surface area contributed by atoms with Gasteiger partial charge < -0.3 is 5.11 Å². The van der Waals surface area contributed by atoms with Crippen molar-refractivity contribution in [3.05, 3.63) is 35.1 Å². The Kier molecular flexibility index (Phi) is 3.43. The van der Waals surface area contributed by atoms with Gasteiger partial charge in [-0.25, -0.2) is 4.39 Å². The Balaban J connectivity index is 2.84. The van der Waals surface area contributed by atoms with Crippen LogP contribution in [0.5, 0.6) is 0 Å². The maximum Gasteiger partial charge on any atom is 0.126 e. The Morgan fingerprint density at radius 2 is 2.15 bits per heavy atom. The van der Waals surface area contributed by atoms with Crippen molar-refractivity contribution in [3.63, 3.8) is 0 Å². The van der Waals surface area contributed by atoms with E-state index < -0.39 is 6.10 Å². The zero-order valence-corrected chi connectivity index (χ0v) is 8.05. The van der Waals surface area contributed by atoms with E-state index in [0.29, 0.717) is 5.56 Å². The molecule has 1 aromatic carbocycles. The molecule has 0 saturated heterocycles. The predicted molar refractivity (Wildman–Crippen MR) is 51.0 cm³/mol. The van der Waals surface area contributed by atoms with Crippen molar-refractivity contribution in [3.8, 4) is 0 Å². The van der Waals surface area contributed by atoms with Gasteiger partial charge in [0.2, 0.25) is 0 Å². The number of benzene rings is 1. The fraction of sp³-hybridized carbons (Fsp3) is 0.455. The molecule has 0 unspecified atom stereocenters. The van der Waals surface area contributed by atoms with Gasteiger partial charge in [0.05, 0.1) is 6.10 Å². The largest absolute Gasteiger partial charge is 0.388 e. The van der Waals surface area contributed by atoms with Crippen molar-refractivity contribution in [1.82, 2.24) is 0 Å². The summed E-state index contributed by atoms with van der Waals surface area (Å²) in [6, 6.07) is 4.75. The molecule has 1 nitrogen and oxygen atoms in total. The van der Waals surface area contributed by atoms with E-state index in [0.717, 1.165) is 18.4 Å².